The Morgan fingerprint density at radius 3 is 3.04 bits per heavy atom. The molecule has 0 unspecified atom stereocenters. The van der Waals surface area contributed by atoms with Gasteiger partial charge < -0.3 is 9.73 Å². The van der Waals surface area contributed by atoms with Crippen molar-refractivity contribution >= 4 is 5.91 Å². The van der Waals surface area contributed by atoms with Crippen LogP contribution in [0, 0.1) is 0 Å². The van der Waals surface area contributed by atoms with Gasteiger partial charge in [0.15, 0.2) is 5.76 Å². The van der Waals surface area contributed by atoms with Crippen molar-refractivity contribution in [3.63, 3.8) is 0 Å². The number of likely N-dealkylation sites (tertiary alicyclic amines) is 1. The number of hydrogen-bond acceptors (Lipinski definition) is 5. The van der Waals surface area contributed by atoms with E-state index in [1.54, 1.807) is 24.5 Å². The molecule has 1 saturated heterocycles. The molecular formula is C17H22N4O3. The van der Waals surface area contributed by atoms with E-state index in [-0.39, 0.29) is 18.0 Å². The van der Waals surface area contributed by atoms with Gasteiger partial charge in [-0.2, -0.15) is 5.10 Å². The fraction of sp³-hybridized carbons (Fsp3) is 0.471. The SMILES string of the molecule is CCN1CCC[C@H]1CNC(=O)Cn1nc(-c2ccco2)ccc1=O. The third kappa shape index (κ3) is 3.73. The molecule has 3 rings (SSSR count). The highest BCUT2D eigenvalue weighted by Gasteiger charge is 2.23. The minimum absolute atomic E-state index is 0.0910. The Kier molecular flexibility index (Phi) is 5.10. The molecule has 1 N–H and O–H groups in total. The van der Waals surface area contributed by atoms with Crippen LogP contribution in [-0.2, 0) is 11.3 Å². The summed E-state index contributed by atoms with van der Waals surface area (Å²) in [6, 6.07) is 6.89. The van der Waals surface area contributed by atoms with E-state index in [9.17, 15) is 9.59 Å². The van der Waals surface area contributed by atoms with Crippen molar-refractivity contribution in [2.24, 2.45) is 0 Å². The summed E-state index contributed by atoms with van der Waals surface area (Å²) >= 11 is 0. The molecule has 0 radical (unpaired) electrons. The first-order valence-electron chi connectivity index (χ1n) is 8.30. The minimum Gasteiger partial charge on any atom is -0.463 e. The number of aromatic nitrogens is 2. The van der Waals surface area contributed by atoms with Crippen LogP contribution < -0.4 is 10.9 Å². The third-order valence-corrected chi connectivity index (χ3v) is 4.37. The van der Waals surface area contributed by atoms with Crippen molar-refractivity contribution < 1.29 is 9.21 Å². The van der Waals surface area contributed by atoms with Crippen LogP contribution >= 0.6 is 0 Å². The quantitative estimate of drug-likeness (QED) is 0.858. The number of likely N-dealkylation sites (N-methyl/N-ethyl adjacent to an activating group) is 1. The smallest absolute Gasteiger partial charge is 0.267 e. The van der Waals surface area contributed by atoms with Crippen molar-refractivity contribution in [3.8, 4) is 11.5 Å². The van der Waals surface area contributed by atoms with Crippen molar-refractivity contribution in [3.05, 3.63) is 40.9 Å². The molecule has 2 aromatic rings. The van der Waals surface area contributed by atoms with Gasteiger partial charge >= 0.3 is 0 Å². The van der Waals surface area contributed by atoms with Crippen molar-refractivity contribution in [1.29, 1.82) is 0 Å². The van der Waals surface area contributed by atoms with E-state index < -0.39 is 0 Å². The zero-order chi connectivity index (χ0) is 16.9. The maximum absolute atomic E-state index is 12.2. The van der Waals surface area contributed by atoms with Gasteiger partial charge in [-0.3, -0.25) is 14.5 Å². The van der Waals surface area contributed by atoms with E-state index in [0.29, 0.717) is 24.0 Å². The summed E-state index contributed by atoms with van der Waals surface area (Å²) in [5, 5.41) is 7.12. The number of carbonyl (C=O) groups excluding carboxylic acids is 1. The standard InChI is InChI=1S/C17H22N4O3/c1-2-20-9-3-5-13(20)11-18-16(22)12-21-17(23)8-7-14(19-21)15-6-4-10-24-15/h4,6-8,10,13H,2-3,5,9,11-12H2,1H3,(H,18,22)/t13-/m0/s1. The van der Waals surface area contributed by atoms with Crippen LogP contribution in [0.2, 0.25) is 0 Å². The van der Waals surface area contributed by atoms with E-state index in [4.69, 9.17) is 4.42 Å². The lowest BCUT2D eigenvalue weighted by Gasteiger charge is -2.22. The van der Waals surface area contributed by atoms with Gasteiger partial charge in [-0.25, -0.2) is 4.68 Å². The first-order valence-corrected chi connectivity index (χ1v) is 8.30. The lowest BCUT2D eigenvalue weighted by molar-refractivity contribution is -0.122. The molecular weight excluding hydrogens is 308 g/mol. The van der Waals surface area contributed by atoms with Gasteiger partial charge in [0.25, 0.3) is 5.56 Å². The van der Waals surface area contributed by atoms with Gasteiger partial charge in [0.05, 0.1) is 6.26 Å². The second-order valence-electron chi connectivity index (χ2n) is 5.92. The second-order valence-corrected chi connectivity index (χ2v) is 5.92. The maximum atomic E-state index is 12.2. The Morgan fingerprint density at radius 1 is 1.42 bits per heavy atom. The zero-order valence-corrected chi connectivity index (χ0v) is 13.8. The highest BCUT2D eigenvalue weighted by molar-refractivity contribution is 5.75. The van der Waals surface area contributed by atoms with E-state index in [2.05, 4.69) is 22.2 Å². The highest BCUT2D eigenvalue weighted by atomic mass is 16.3. The predicted molar refractivity (Wildman–Crippen MR) is 89.5 cm³/mol. The molecule has 0 spiro atoms. The Balaban J connectivity index is 1.62. The van der Waals surface area contributed by atoms with E-state index in [1.165, 1.54) is 17.2 Å². The Labute approximate surface area is 140 Å². The molecule has 7 nitrogen and oxygen atoms in total. The first-order chi connectivity index (χ1) is 11.7. The Morgan fingerprint density at radius 2 is 2.29 bits per heavy atom. The largest absolute Gasteiger partial charge is 0.463 e. The molecule has 0 aromatic carbocycles. The molecule has 1 amide bonds. The molecule has 3 heterocycles. The fourth-order valence-electron chi connectivity index (χ4n) is 3.08. The zero-order valence-electron chi connectivity index (χ0n) is 13.8. The molecule has 0 saturated carbocycles. The molecule has 24 heavy (non-hydrogen) atoms. The van der Waals surface area contributed by atoms with Gasteiger partial charge in [0.2, 0.25) is 5.91 Å². The topological polar surface area (TPSA) is 80.4 Å². The number of nitrogens with zero attached hydrogens (tertiary/aromatic N) is 3. The van der Waals surface area contributed by atoms with E-state index in [0.717, 1.165) is 19.5 Å². The van der Waals surface area contributed by atoms with Crippen LogP contribution in [0.25, 0.3) is 11.5 Å². The molecule has 2 aromatic heterocycles. The normalized spacial score (nSPS) is 18.0. The molecule has 1 fully saturated rings. The summed E-state index contributed by atoms with van der Waals surface area (Å²) < 4.78 is 6.44. The summed E-state index contributed by atoms with van der Waals surface area (Å²) in [6.07, 6.45) is 3.81. The molecule has 1 aliphatic heterocycles. The summed E-state index contributed by atoms with van der Waals surface area (Å²) in [6.45, 7) is 4.73. The highest BCUT2D eigenvalue weighted by Crippen LogP contribution is 2.16. The average molecular weight is 330 g/mol. The summed E-state index contributed by atoms with van der Waals surface area (Å²) in [5.41, 5.74) is 0.219. The first kappa shape index (κ1) is 16.4. The Hall–Kier alpha value is -2.41. The number of carbonyl (C=O) groups is 1. The molecule has 128 valence electrons. The lowest BCUT2D eigenvalue weighted by atomic mass is 10.2. The van der Waals surface area contributed by atoms with Gasteiger partial charge in [-0.05, 0) is 44.1 Å². The molecule has 1 atom stereocenters. The van der Waals surface area contributed by atoms with Crippen molar-refractivity contribution in [2.45, 2.75) is 32.4 Å². The predicted octanol–water partition coefficient (Wildman–Crippen LogP) is 1.10. The summed E-state index contributed by atoms with van der Waals surface area (Å²) in [7, 11) is 0. The number of nitrogens with one attached hydrogen (secondary N) is 1. The van der Waals surface area contributed by atoms with Crippen LogP contribution in [0.3, 0.4) is 0 Å². The molecule has 0 bridgehead atoms. The summed E-state index contributed by atoms with van der Waals surface area (Å²) in [5.74, 6) is 0.359. The number of furan rings is 1. The van der Waals surface area contributed by atoms with Crippen LogP contribution in [0.4, 0.5) is 0 Å². The second kappa shape index (κ2) is 7.44. The summed E-state index contributed by atoms with van der Waals surface area (Å²) in [4.78, 5) is 26.4. The average Bonchev–Trinajstić information content (AvgIpc) is 3.26. The van der Waals surface area contributed by atoms with Crippen LogP contribution in [-0.4, -0.2) is 46.3 Å². The Bertz CT molecular complexity index is 739. The molecule has 0 aliphatic carbocycles. The van der Waals surface area contributed by atoms with Crippen LogP contribution in [0.5, 0.6) is 0 Å². The van der Waals surface area contributed by atoms with Gasteiger partial charge in [-0.15, -0.1) is 0 Å². The lowest BCUT2D eigenvalue weighted by Crippen LogP contribution is -2.42. The minimum atomic E-state index is -0.309. The van der Waals surface area contributed by atoms with Gasteiger partial charge in [-0.1, -0.05) is 6.92 Å². The maximum Gasteiger partial charge on any atom is 0.267 e. The number of amides is 1. The van der Waals surface area contributed by atoms with Crippen molar-refractivity contribution in [2.75, 3.05) is 19.6 Å². The molecule has 1 aliphatic rings. The number of rotatable bonds is 6. The van der Waals surface area contributed by atoms with E-state index >= 15 is 0 Å². The fourth-order valence-corrected chi connectivity index (χ4v) is 3.08. The van der Waals surface area contributed by atoms with Crippen LogP contribution in [0.1, 0.15) is 19.8 Å². The van der Waals surface area contributed by atoms with Crippen molar-refractivity contribution in [1.82, 2.24) is 20.0 Å². The van der Waals surface area contributed by atoms with Gasteiger partial charge in [0.1, 0.15) is 12.2 Å². The monoisotopic (exact) mass is 330 g/mol. The van der Waals surface area contributed by atoms with E-state index in [1.807, 2.05) is 0 Å². The molecule has 7 heteroatoms. The van der Waals surface area contributed by atoms with Crippen LogP contribution in [0.15, 0.2) is 39.7 Å². The number of hydrogen-bond donors (Lipinski definition) is 1. The third-order valence-electron chi connectivity index (χ3n) is 4.37. The van der Waals surface area contributed by atoms with Gasteiger partial charge in [0, 0.05) is 18.7 Å².